The highest BCUT2D eigenvalue weighted by atomic mass is 16.3. The molecule has 0 bridgehead atoms. The molecule has 0 spiro atoms. The van der Waals surface area contributed by atoms with Crippen LogP contribution in [0.15, 0.2) is 108 Å². The van der Waals surface area contributed by atoms with Gasteiger partial charge in [-0.1, -0.05) is 129 Å². The zero-order valence-corrected chi connectivity index (χ0v) is 37.0. The molecule has 0 saturated carbocycles. The molecule has 0 saturated heterocycles. The first-order chi connectivity index (χ1) is 28.5. The standard InChI is InChI=1S/C56H55BN2O/c1-32-26-41-42(55(7,8)25-24-54(41,5)6)30-44(32)59-43-23-22-37-36-17-11-13-20-40(36)56(9,10)47(37)49(43)57-31-58-50-33(27-34-28-35(53(2,3)4)29-45(59)48(34)57)16-15-19-39(50)52-51(58)38-18-12-14-21-46(38)60-52/h11-23,26,28-30H,24-25,27,31H2,1-10H3. The molecule has 0 amide bonds. The van der Waals surface area contributed by atoms with Crippen LogP contribution in [-0.4, -0.2) is 11.3 Å². The van der Waals surface area contributed by atoms with E-state index in [9.17, 15) is 0 Å². The van der Waals surface area contributed by atoms with Crippen LogP contribution in [0.4, 0.5) is 17.1 Å². The van der Waals surface area contributed by atoms with Crippen LogP contribution in [0.1, 0.15) is 120 Å². The predicted octanol–water partition coefficient (Wildman–Crippen LogP) is 13.3. The fourth-order valence-corrected chi connectivity index (χ4v) is 12.4. The average Bonchev–Trinajstić information content (AvgIpc) is 3.81. The number of anilines is 3. The maximum atomic E-state index is 6.81. The van der Waals surface area contributed by atoms with Gasteiger partial charge in [0.1, 0.15) is 5.58 Å². The molecule has 3 nitrogen and oxygen atoms in total. The zero-order chi connectivity index (χ0) is 41.4. The normalized spacial score (nSPS) is 17.9. The number of benzene rings is 6. The third-order valence-electron chi connectivity index (χ3n) is 15.7. The summed E-state index contributed by atoms with van der Waals surface area (Å²) < 4.78 is 9.48. The Labute approximate surface area is 355 Å². The van der Waals surface area contributed by atoms with Crippen molar-refractivity contribution >= 4 is 67.7 Å². The molecule has 0 unspecified atom stereocenters. The molecular weight excluding hydrogens is 727 g/mol. The molecule has 298 valence electrons. The Morgan fingerprint density at radius 1 is 0.617 bits per heavy atom. The van der Waals surface area contributed by atoms with Gasteiger partial charge in [0.2, 0.25) is 6.71 Å². The highest BCUT2D eigenvalue weighted by Crippen LogP contribution is 2.54. The lowest BCUT2D eigenvalue weighted by Crippen LogP contribution is -2.56. The van der Waals surface area contributed by atoms with Crippen molar-refractivity contribution in [2.75, 3.05) is 4.90 Å². The molecule has 0 atom stereocenters. The van der Waals surface area contributed by atoms with E-state index in [4.69, 9.17) is 4.42 Å². The average molecular weight is 783 g/mol. The lowest BCUT2D eigenvalue weighted by Gasteiger charge is -2.45. The number of furan rings is 1. The number of aryl methyl sites for hydroxylation is 1. The maximum Gasteiger partial charge on any atom is 0.236 e. The number of aromatic nitrogens is 1. The summed E-state index contributed by atoms with van der Waals surface area (Å²) in [6.45, 7) is 24.4. The van der Waals surface area contributed by atoms with Gasteiger partial charge in [-0.05, 0) is 145 Å². The molecule has 12 rings (SSSR count). The van der Waals surface area contributed by atoms with Crippen LogP contribution in [0.25, 0.3) is 44.1 Å². The van der Waals surface area contributed by atoms with Crippen molar-refractivity contribution in [1.29, 1.82) is 0 Å². The maximum absolute atomic E-state index is 6.81. The van der Waals surface area contributed by atoms with Gasteiger partial charge in [0.05, 0.1) is 11.0 Å². The molecule has 4 heteroatoms. The Bertz CT molecular complexity index is 3200. The number of nitrogens with zero attached hydrogens (tertiary/aromatic N) is 2. The van der Waals surface area contributed by atoms with Gasteiger partial charge in [-0.25, -0.2) is 0 Å². The second-order valence-electron chi connectivity index (χ2n) is 21.6. The van der Waals surface area contributed by atoms with E-state index in [1.165, 1.54) is 118 Å². The van der Waals surface area contributed by atoms with Gasteiger partial charge in [0, 0.05) is 39.7 Å². The van der Waals surface area contributed by atoms with Gasteiger partial charge in [-0.15, -0.1) is 0 Å². The Balaban J connectivity index is 1.24. The minimum Gasteiger partial charge on any atom is -0.454 e. The first-order valence-electron chi connectivity index (χ1n) is 22.4. The summed E-state index contributed by atoms with van der Waals surface area (Å²) in [4.78, 5) is 2.73. The van der Waals surface area contributed by atoms with Crippen LogP contribution in [0.3, 0.4) is 0 Å². The second kappa shape index (κ2) is 11.7. The van der Waals surface area contributed by atoms with E-state index in [0.29, 0.717) is 0 Å². The molecule has 4 heterocycles. The van der Waals surface area contributed by atoms with Gasteiger partial charge in [0.25, 0.3) is 0 Å². The summed E-state index contributed by atoms with van der Waals surface area (Å²) in [6, 6.07) is 40.1. The summed E-state index contributed by atoms with van der Waals surface area (Å²) in [6.07, 6.45) is 4.07. The molecule has 8 aromatic rings. The lowest BCUT2D eigenvalue weighted by molar-refractivity contribution is 0.332. The fourth-order valence-electron chi connectivity index (χ4n) is 12.4. The number of para-hydroxylation sites is 2. The smallest absolute Gasteiger partial charge is 0.236 e. The molecule has 6 aromatic carbocycles. The molecule has 0 radical (unpaired) electrons. The number of hydrogen-bond donors (Lipinski definition) is 0. The molecule has 0 fully saturated rings. The first-order valence-corrected chi connectivity index (χ1v) is 22.4. The van der Waals surface area contributed by atoms with E-state index in [-0.39, 0.29) is 28.4 Å². The SMILES string of the molecule is Cc1cc2c(cc1N1c3cc(C(C)(C)C)cc4c3B(Cn3c5c(cccc5c5oc6ccccc6c53)C4)c3c1ccc1c3C(C)(C)c3ccccc3-1)C(C)(C)CCC2(C)C. The van der Waals surface area contributed by atoms with Gasteiger partial charge < -0.3 is 13.9 Å². The third kappa shape index (κ3) is 4.68. The summed E-state index contributed by atoms with van der Waals surface area (Å²) in [7, 11) is 0. The van der Waals surface area contributed by atoms with E-state index in [0.717, 1.165) is 24.0 Å². The van der Waals surface area contributed by atoms with Crippen LogP contribution in [0.5, 0.6) is 0 Å². The topological polar surface area (TPSA) is 21.3 Å². The van der Waals surface area contributed by atoms with Crippen LogP contribution in [-0.2, 0) is 34.5 Å². The van der Waals surface area contributed by atoms with Gasteiger partial charge >= 0.3 is 0 Å². The summed E-state index contributed by atoms with van der Waals surface area (Å²) in [5, 5.41) is 2.41. The predicted molar refractivity (Wildman–Crippen MR) is 254 cm³/mol. The molecule has 4 aliphatic rings. The first kappa shape index (κ1) is 36.4. The fraction of sp³-hybridized carbons (Fsp3) is 0.321. The van der Waals surface area contributed by atoms with Crippen molar-refractivity contribution in [2.24, 2.45) is 0 Å². The molecular formula is C56H55BN2O. The van der Waals surface area contributed by atoms with Gasteiger partial charge in [0.15, 0.2) is 5.58 Å². The Kier molecular flexibility index (Phi) is 7.07. The van der Waals surface area contributed by atoms with Crippen LogP contribution in [0.2, 0.25) is 0 Å². The highest BCUT2D eigenvalue weighted by molar-refractivity contribution is 6.88. The van der Waals surface area contributed by atoms with Crippen molar-refractivity contribution < 1.29 is 4.42 Å². The highest BCUT2D eigenvalue weighted by Gasteiger charge is 2.47. The van der Waals surface area contributed by atoms with E-state index >= 15 is 0 Å². The van der Waals surface area contributed by atoms with E-state index in [1.54, 1.807) is 0 Å². The summed E-state index contributed by atoms with van der Waals surface area (Å²) >= 11 is 0. The van der Waals surface area contributed by atoms with E-state index < -0.39 is 0 Å². The largest absolute Gasteiger partial charge is 0.454 e. The van der Waals surface area contributed by atoms with Crippen LogP contribution in [0, 0.1) is 6.92 Å². The van der Waals surface area contributed by atoms with E-state index in [1.807, 2.05) is 0 Å². The Hall–Kier alpha value is -5.48. The van der Waals surface area contributed by atoms with Crippen molar-refractivity contribution in [3.05, 3.63) is 148 Å². The van der Waals surface area contributed by atoms with Crippen molar-refractivity contribution in [2.45, 2.75) is 117 Å². The third-order valence-corrected chi connectivity index (χ3v) is 15.7. The number of fused-ring (bicyclic) bond motifs is 12. The van der Waals surface area contributed by atoms with Gasteiger partial charge in [-0.3, -0.25) is 0 Å². The zero-order valence-electron chi connectivity index (χ0n) is 37.0. The molecule has 0 N–H and O–H groups in total. The lowest BCUT2D eigenvalue weighted by atomic mass is 9.35. The van der Waals surface area contributed by atoms with Crippen LogP contribution < -0.4 is 15.8 Å². The van der Waals surface area contributed by atoms with E-state index in [2.05, 4.69) is 182 Å². The monoisotopic (exact) mass is 782 g/mol. The molecule has 2 aliphatic heterocycles. The number of hydrogen-bond acceptors (Lipinski definition) is 2. The van der Waals surface area contributed by atoms with Crippen LogP contribution >= 0.6 is 0 Å². The molecule has 2 aromatic heterocycles. The minimum absolute atomic E-state index is 0.0429. The number of rotatable bonds is 1. The Morgan fingerprint density at radius 3 is 2.12 bits per heavy atom. The Morgan fingerprint density at radius 2 is 1.33 bits per heavy atom. The summed E-state index contributed by atoms with van der Waals surface area (Å²) in [5.41, 5.74) is 25.7. The molecule has 60 heavy (non-hydrogen) atoms. The van der Waals surface area contributed by atoms with Crippen molar-refractivity contribution in [3.8, 4) is 11.1 Å². The minimum atomic E-state index is -0.188. The molecule has 2 aliphatic carbocycles. The summed E-state index contributed by atoms with van der Waals surface area (Å²) in [5.74, 6) is 0. The quantitative estimate of drug-likeness (QED) is 0.155. The van der Waals surface area contributed by atoms with Gasteiger partial charge in [-0.2, -0.15) is 0 Å². The van der Waals surface area contributed by atoms with Crippen molar-refractivity contribution in [1.82, 2.24) is 4.57 Å². The second-order valence-corrected chi connectivity index (χ2v) is 21.6. The van der Waals surface area contributed by atoms with Crippen molar-refractivity contribution in [3.63, 3.8) is 0 Å².